The summed E-state index contributed by atoms with van der Waals surface area (Å²) >= 11 is 0. The molecule has 0 fully saturated rings. The molecule has 0 N–H and O–H groups in total. The maximum Gasteiger partial charge on any atom is 0.289 e. The minimum Gasteiger partial charge on any atom is -0.618 e. The van der Waals surface area contributed by atoms with Crippen molar-refractivity contribution in [3.63, 3.8) is 0 Å². The molecular weight excluding hydrogens is 196 g/mol. The van der Waals surface area contributed by atoms with Crippen molar-refractivity contribution >= 4 is 16.6 Å². The lowest BCUT2D eigenvalue weighted by molar-refractivity contribution is -0.577. The Morgan fingerprint density at radius 3 is 2.73 bits per heavy atom. The van der Waals surface area contributed by atoms with Crippen molar-refractivity contribution in [3.05, 3.63) is 51.3 Å². The molecule has 76 valence electrons. The summed E-state index contributed by atoms with van der Waals surface area (Å²) in [4.78, 5) is 10.2. The summed E-state index contributed by atoms with van der Waals surface area (Å²) in [5, 5.41) is 22.5. The van der Waals surface area contributed by atoms with Gasteiger partial charge in [0.15, 0.2) is 6.20 Å². The van der Waals surface area contributed by atoms with Gasteiger partial charge >= 0.3 is 0 Å². The number of hydrogen-bond acceptors (Lipinski definition) is 3. The zero-order valence-electron chi connectivity index (χ0n) is 8.01. The molecule has 0 amide bonds. The number of pyridine rings is 1. The van der Waals surface area contributed by atoms with E-state index in [9.17, 15) is 15.3 Å². The van der Waals surface area contributed by atoms with Gasteiger partial charge in [-0.15, -0.1) is 0 Å². The molecule has 0 radical (unpaired) electrons. The van der Waals surface area contributed by atoms with Crippen molar-refractivity contribution in [2.45, 2.75) is 6.92 Å². The molecule has 2 rings (SSSR count). The van der Waals surface area contributed by atoms with Gasteiger partial charge in [-0.2, -0.15) is 4.73 Å². The van der Waals surface area contributed by atoms with Gasteiger partial charge in [-0.05, 0) is 18.6 Å². The third-order valence-electron chi connectivity index (χ3n) is 2.23. The van der Waals surface area contributed by atoms with Crippen LogP contribution in [-0.2, 0) is 0 Å². The first-order valence-electron chi connectivity index (χ1n) is 4.36. The third-order valence-corrected chi connectivity index (χ3v) is 2.23. The van der Waals surface area contributed by atoms with Crippen LogP contribution < -0.4 is 4.73 Å². The van der Waals surface area contributed by atoms with Gasteiger partial charge in [-0.25, -0.2) is 0 Å². The minimum atomic E-state index is -0.488. The summed E-state index contributed by atoms with van der Waals surface area (Å²) in [6.45, 7) is 1.83. The zero-order valence-corrected chi connectivity index (χ0v) is 8.01. The van der Waals surface area contributed by atoms with Crippen molar-refractivity contribution in [2.75, 3.05) is 0 Å². The van der Waals surface area contributed by atoms with Gasteiger partial charge < -0.3 is 5.21 Å². The van der Waals surface area contributed by atoms with E-state index in [0.717, 1.165) is 11.8 Å². The van der Waals surface area contributed by atoms with E-state index in [1.54, 1.807) is 18.2 Å². The average molecular weight is 204 g/mol. The lowest BCUT2D eigenvalue weighted by atomic mass is 10.1. The van der Waals surface area contributed by atoms with E-state index in [0.29, 0.717) is 15.6 Å². The number of benzene rings is 1. The van der Waals surface area contributed by atoms with Crippen molar-refractivity contribution in [1.29, 1.82) is 0 Å². The Labute approximate surface area is 85.3 Å². The third kappa shape index (κ3) is 1.48. The van der Waals surface area contributed by atoms with Crippen LogP contribution in [0.4, 0.5) is 5.69 Å². The highest BCUT2D eigenvalue weighted by Gasteiger charge is 2.16. The van der Waals surface area contributed by atoms with E-state index in [1.165, 1.54) is 6.07 Å². The van der Waals surface area contributed by atoms with Crippen LogP contribution in [0.25, 0.3) is 10.9 Å². The number of aryl methyl sites for hydroxylation is 1. The molecule has 0 saturated carbocycles. The first-order valence-corrected chi connectivity index (χ1v) is 4.36. The molecule has 15 heavy (non-hydrogen) atoms. The van der Waals surface area contributed by atoms with Crippen LogP contribution in [0, 0.1) is 22.2 Å². The normalized spacial score (nSPS) is 10.5. The zero-order chi connectivity index (χ0) is 11.0. The fourth-order valence-electron chi connectivity index (χ4n) is 1.51. The van der Waals surface area contributed by atoms with Gasteiger partial charge in [0.25, 0.3) is 5.69 Å². The molecule has 0 spiro atoms. The Morgan fingerprint density at radius 1 is 1.33 bits per heavy atom. The molecule has 0 unspecified atom stereocenters. The van der Waals surface area contributed by atoms with E-state index in [1.807, 2.05) is 6.92 Å². The molecule has 5 heteroatoms. The summed E-state index contributed by atoms with van der Waals surface area (Å²) in [6.07, 6.45) is 1.15. The lowest BCUT2D eigenvalue weighted by Gasteiger charge is -2.02. The van der Waals surface area contributed by atoms with Gasteiger partial charge in [0.1, 0.15) is 5.39 Å². The Morgan fingerprint density at radius 2 is 2.07 bits per heavy atom. The molecule has 0 atom stereocenters. The van der Waals surface area contributed by atoms with E-state index >= 15 is 0 Å². The van der Waals surface area contributed by atoms with E-state index in [2.05, 4.69) is 0 Å². The van der Waals surface area contributed by atoms with E-state index < -0.39 is 4.92 Å². The number of rotatable bonds is 1. The Hall–Kier alpha value is -2.17. The van der Waals surface area contributed by atoms with Crippen LogP contribution in [-0.4, -0.2) is 4.92 Å². The van der Waals surface area contributed by atoms with Gasteiger partial charge in [0.2, 0.25) is 5.52 Å². The van der Waals surface area contributed by atoms with Gasteiger partial charge in [0, 0.05) is 6.07 Å². The standard InChI is InChI=1S/C10H8N2O3/c1-7-2-3-8-9(12(14)15)4-5-11(13)10(8)6-7/h2-6H,1H3. The highest BCUT2D eigenvalue weighted by Crippen LogP contribution is 2.22. The van der Waals surface area contributed by atoms with Crippen molar-refractivity contribution in [2.24, 2.45) is 0 Å². The van der Waals surface area contributed by atoms with Gasteiger partial charge in [-0.3, -0.25) is 10.1 Å². The van der Waals surface area contributed by atoms with Crippen LogP contribution in [0.1, 0.15) is 5.56 Å². The molecule has 0 bridgehead atoms. The SMILES string of the molecule is Cc1ccc2c([N+](=O)[O-])cc[n+]([O-])c2c1. The van der Waals surface area contributed by atoms with Crippen molar-refractivity contribution < 1.29 is 9.65 Å². The molecule has 0 aliphatic carbocycles. The number of fused-ring (bicyclic) bond motifs is 1. The fourth-order valence-corrected chi connectivity index (χ4v) is 1.51. The molecule has 5 nitrogen and oxygen atoms in total. The second kappa shape index (κ2) is 3.20. The Balaban J connectivity index is 2.88. The predicted molar refractivity (Wildman–Crippen MR) is 54.3 cm³/mol. The van der Waals surface area contributed by atoms with Crippen LogP contribution >= 0.6 is 0 Å². The lowest BCUT2D eigenvalue weighted by Crippen LogP contribution is -2.26. The van der Waals surface area contributed by atoms with Crippen LogP contribution in [0.15, 0.2) is 30.5 Å². The summed E-state index contributed by atoms with van der Waals surface area (Å²) in [6, 6.07) is 6.19. The summed E-state index contributed by atoms with van der Waals surface area (Å²) in [5.74, 6) is 0. The molecule has 0 saturated heterocycles. The predicted octanol–water partition coefficient (Wildman–Crippen LogP) is 1.69. The van der Waals surface area contributed by atoms with E-state index in [4.69, 9.17) is 0 Å². The smallest absolute Gasteiger partial charge is 0.289 e. The van der Waals surface area contributed by atoms with Crippen LogP contribution in [0.3, 0.4) is 0 Å². The molecule has 2 aromatic rings. The molecule has 1 aromatic carbocycles. The van der Waals surface area contributed by atoms with Crippen LogP contribution in [0.5, 0.6) is 0 Å². The first-order chi connectivity index (χ1) is 7.09. The van der Waals surface area contributed by atoms with Crippen molar-refractivity contribution in [3.8, 4) is 0 Å². The number of nitrogens with zero attached hydrogens (tertiary/aromatic N) is 2. The molecule has 0 aliphatic heterocycles. The molecule has 1 aromatic heterocycles. The Kier molecular flexibility index (Phi) is 2.00. The monoisotopic (exact) mass is 204 g/mol. The summed E-state index contributed by atoms with van der Waals surface area (Å²) in [5.41, 5.74) is 1.17. The minimum absolute atomic E-state index is 0.0444. The summed E-state index contributed by atoms with van der Waals surface area (Å²) < 4.78 is 0.634. The fraction of sp³-hybridized carbons (Fsp3) is 0.100. The maximum atomic E-state index is 11.4. The number of nitro groups is 1. The average Bonchev–Trinajstić information content (AvgIpc) is 2.19. The van der Waals surface area contributed by atoms with E-state index in [-0.39, 0.29) is 5.69 Å². The second-order valence-corrected chi connectivity index (χ2v) is 3.30. The first kappa shape index (κ1) is 9.39. The second-order valence-electron chi connectivity index (χ2n) is 3.30. The maximum absolute atomic E-state index is 11.4. The topological polar surface area (TPSA) is 70.1 Å². The highest BCUT2D eigenvalue weighted by molar-refractivity contribution is 5.85. The van der Waals surface area contributed by atoms with Gasteiger partial charge in [0.05, 0.1) is 11.0 Å². The highest BCUT2D eigenvalue weighted by atomic mass is 16.6. The quantitative estimate of drug-likeness (QED) is 0.307. The number of hydrogen-bond donors (Lipinski definition) is 0. The summed E-state index contributed by atoms with van der Waals surface area (Å²) in [7, 11) is 0. The molecule has 0 aliphatic rings. The van der Waals surface area contributed by atoms with Gasteiger partial charge in [-0.1, -0.05) is 6.07 Å². The Bertz CT molecular complexity index is 552. The van der Waals surface area contributed by atoms with Crippen molar-refractivity contribution in [1.82, 2.24) is 0 Å². The number of aromatic nitrogens is 1. The largest absolute Gasteiger partial charge is 0.618 e. The molecular formula is C10H8N2O3. The van der Waals surface area contributed by atoms with Crippen LogP contribution in [0.2, 0.25) is 0 Å². The molecule has 1 heterocycles.